The molecule has 2 N–H and O–H groups in total. The third-order valence-electron chi connectivity index (χ3n) is 2.50. The van der Waals surface area contributed by atoms with Crippen molar-refractivity contribution >= 4 is 22.5 Å². The van der Waals surface area contributed by atoms with Gasteiger partial charge in [-0.3, -0.25) is 0 Å². The fraction of sp³-hybridized carbons (Fsp3) is 0.692. The molecule has 1 heterocycles. The Kier molecular flexibility index (Phi) is 4.05. The SMILES string of the molecule is Cc1nsc(NC(C)(C)CC(C)(C)C)c1C(=O)O. The first kappa shape index (κ1) is 15.0. The van der Waals surface area contributed by atoms with Crippen LogP contribution >= 0.6 is 11.5 Å². The summed E-state index contributed by atoms with van der Waals surface area (Å²) in [6.45, 7) is 12.4. The fourth-order valence-electron chi connectivity index (χ4n) is 2.38. The molecule has 0 fully saturated rings. The van der Waals surface area contributed by atoms with E-state index in [-0.39, 0.29) is 11.0 Å². The molecule has 0 saturated carbocycles. The van der Waals surface area contributed by atoms with E-state index in [9.17, 15) is 9.90 Å². The van der Waals surface area contributed by atoms with Crippen LogP contribution in [-0.4, -0.2) is 21.0 Å². The molecule has 1 aromatic heterocycles. The smallest absolute Gasteiger partial charge is 0.340 e. The minimum atomic E-state index is -0.921. The molecule has 1 rings (SSSR count). The fourth-order valence-corrected chi connectivity index (χ4v) is 3.35. The maximum absolute atomic E-state index is 11.2. The zero-order chi connectivity index (χ0) is 14.1. The number of nitrogens with one attached hydrogen (secondary N) is 1. The van der Waals surface area contributed by atoms with Crippen LogP contribution in [0.3, 0.4) is 0 Å². The van der Waals surface area contributed by atoms with Crippen molar-refractivity contribution in [3.05, 3.63) is 11.3 Å². The number of rotatable bonds is 4. The van der Waals surface area contributed by atoms with Crippen LogP contribution in [0.2, 0.25) is 0 Å². The summed E-state index contributed by atoms with van der Waals surface area (Å²) in [5.41, 5.74) is 0.879. The molecule has 102 valence electrons. The topological polar surface area (TPSA) is 62.2 Å². The number of nitrogens with zero attached hydrogens (tertiary/aromatic N) is 1. The highest BCUT2D eigenvalue weighted by molar-refractivity contribution is 7.10. The number of aromatic nitrogens is 1. The van der Waals surface area contributed by atoms with Crippen molar-refractivity contribution in [2.45, 2.75) is 53.5 Å². The molecule has 0 spiro atoms. The van der Waals surface area contributed by atoms with Gasteiger partial charge in [0, 0.05) is 5.54 Å². The molecule has 18 heavy (non-hydrogen) atoms. The molecule has 0 aliphatic rings. The van der Waals surface area contributed by atoms with Gasteiger partial charge in [0.2, 0.25) is 0 Å². The quantitative estimate of drug-likeness (QED) is 0.874. The Labute approximate surface area is 113 Å². The largest absolute Gasteiger partial charge is 0.478 e. The molecule has 1 aromatic rings. The maximum atomic E-state index is 11.2. The zero-order valence-corrected chi connectivity index (χ0v) is 12.7. The zero-order valence-electron chi connectivity index (χ0n) is 11.9. The van der Waals surface area contributed by atoms with Gasteiger partial charge in [0.05, 0.1) is 5.69 Å². The van der Waals surface area contributed by atoms with Crippen molar-refractivity contribution in [3.63, 3.8) is 0 Å². The summed E-state index contributed by atoms with van der Waals surface area (Å²) in [4.78, 5) is 11.2. The molecule has 0 unspecified atom stereocenters. The van der Waals surface area contributed by atoms with Gasteiger partial charge >= 0.3 is 5.97 Å². The highest BCUT2D eigenvalue weighted by Gasteiger charge is 2.28. The lowest BCUT2D eigenvalue weighted by molar-refractivity contribution is 0.0697. The van der Waals surface area contributed by atoms with Crippen molar-refractivity contribution in [3.8, 4) is 0 Å². The van der Waals surface area contributed by atoms with Crippen LogP contribution in [0.5, 0.6) is 0 Å². The first-order valence-corrected chi connectivity index (χ1v) is 6.77. The summed E-state index contributed by atoms with van der Waals surface area (Å²) in [6.07, 6.45) is 0.940. The number of aryl methyl sites for hydroxylation is 1. The van der Waals surface area contributed by atoms with Crippen molar-refractivity contribution in [1.29, 1.82) is 0 Å². The minimum absolute atomic E-state index is 0.165. The molecular formula is C13H22N2O2S. The van der Waals surface area contributed by atoms with Crippen LogP contribution in [-0.2, 0) is 0 Å². The lowest BCUT2D eigenvalue weighted by Gasteiger charge is -2.33. The Morgan fingerprint density at radius 3 is 2.33 bits per heavy atom. The Hall–Kier alpha value is -1.10. The van der Waals surface area contributed by atoms with E-state index in [0.717, 1.165) is 6.42 Å². The van der Waals surface area contributed by atoms with Gasteiger partial charge in [-0.15, -0.1) is 0 Å². The first-order valence-electron chi connectivity index (χ1n) is 6.00. The Morgan fingerprint density at radius 1 is 1.33 bits per heavy atom. The summed E-state index contributed by atoms with van der Waals surface area (Å²) in [7, 11) is 0. The molecule has 0 radical (unpaired) electrons. The molecule has 0 aliphatic heterocycles. The van der Waals surface area contributed by atoms with Crippen LogP contribution in [0.15, 0.2) is 0 Å². The molecule has 5 heteroatoms. The molecule has 0 aliphatic carbocycles. The highest BCUT2D eigenvalue weighted by atomic mass is 32.1. The lowest BCUT2D eigenvalue weighted by atomic mass is 9.82. The van der Waals surface area contributed by atoms with Crippen molar-refractivity contribution in [2.24, 2.45) is 5.41 Å². The van der Waals surface area contributed by atoms with E-state index in [1.54, 1.807) is 6.92 Å². The van der Waals surface area contributed by atoms with Gasteiger partial charge in [-0.05, 0) is 44.1 Å². The number of aromatic carboxylic acids is 1. The summed E-state index contributed by atoms with van der Waals surface area (Å²) in [5, 5.41) is 13.2. The van der Waals surface area contributed by atoms with E-state index in [1.807, 2.05) is 0 Å². The minimum Gasteiger partial charge on any atom is -0.478 e. The van der Waals surface area contributed by atoms with Gasteiger partial charge in [0.25, 0.3) is 0 Å². The Morgan fingerprint density at radius 2 is 1.89 bits per heavy atom. The lowest BCUT2D eigenvalue weighted by Crippen LogP contribution is -2.35. The predicted molar refractivity (Wildman–Crippen MR) is 75.6 cm³/mol. The normalized spacial score (nSPS) is 12.6. The average molecular weight is 270 g/mol. The number of carbonyl (C=O) groups is 1. The second-order valence-electron chi connectivity index (χ2n) is 6.52. The molecular weight excluding hydrogens is 248 g/mol. The van der Waals surface area contributed by atoms with Gasteiger partial charge in [-0.25, -0.2) is 4.79 Å². The number of carboxylic acids is 1. The maximum Gasteiger partial charge on any atom is 0.340 e. The van der Waals surface area contributed by atoms with Crippen LogP contribution in [0.1, 0.15) is 57.1 Å². The number of hydrogen-bond acceptors (Lipinski definition) is 4. The molecule has 0 atom stereocenters. The van der Waals surface area contributed by atoms with Crippen LogP contribution in [0.4, 0.5) is 5.00 Å². The predicted octanol–water partition coefficient (Wildman–Crippen LogP) is 3.78. The monoisotopic (exact) mass is 270 g/mol. The van der Waals surface area contributed by atoms with Gasteiger partial charge in [0.15, 0.2) is 0 Å². The van der Waals surface area contributed by atoms with Crippen LogP contribution in [0.25, 0.3) is 0 Å². The van der Waals surface area contributed by atoms with Crippen LogP contribution < -0.4 is 5.32 Å². The van der Waals surface area contributed by atoms with E-state index < -0.39 is 5.97 Å². The van der Waals surface area contributed by atoms with Gasteiger partial charge < -0.3 is 10.4 Å². The van der Waals surface area contributed by atoms with E-state index in [4.69, 9.17) is 0 Å². The average Bonchev–Trinajstić information content (AvgIpc) is 2.40. The number of hydrogen-bond donors (Lipinski definition) is 2. The summed E-state index contributed by atoms with van der Waals surface area (Å²) < 4.78 is 4.12. The summed E-state index contributed by atoms with van der Waals surface area (Å²) in [5.74, 6) is -0.921. The van der Waals surface area contributed by atoms with E-state index in [1.165, 1.54) is 11.5 Å². The highest BCUT2D eigenvalue weighted by Crippen LogP contribution is 2.33. The Balaban J connectivity index is 2.94. The van der Waals surface area contributed by atoms with Crippen molar-refractivity contribution in [1.82, 2.24) is 4.37 Å². The summed E-state index contributed by atoms with van der Waals surface area (Å²) >= 11 is 1.22. The second kappa shape index (κ2) is 4.88. The Bertz CT molecular complexity index is 444. The summed E-state index contributed by atoms with van der Waals surface area (Å²) in [6, 6.07) is 0. The van der Waals surface area contributed by atoms with E-state index in [2.05, 4.69) is 44.3 Å². The standard InChI is InChI=1S/C13H22N2O2S/c1-8-9(11(16)17)10(18-15-8)14-13(5,6)7-12(2,3)4/h14H,7H2,1-6H3,(H,16,17). The third kappa shape index (κ3) is 3.98. The van der Waals surface area contributed by atoms with Gasteiger partial charge in [0.1, 0.15) is 10.6 Å². The van der Waals surface area contributed by atoms with Gasteiger partial charge in [-0.1, -0.05) is 20.8 Å². The van der Waals surface area contributed by atoms with Gasteiger partial charge in [-0.2, -0.15) is 4.37 Å². The molecule has 0 bridgehead atoms. The van der Waals surface area contributed by atoms with Crippen molar-refractivity contribution < 1.29 is 9.90 Å². The first-order chi connectivity index (χ1) is 8.02. The van der Waals surface area contributed by atoms with Crippen molar-refractivity contribution in [2.75, 3.05) is 5.32 Å². The molecule has 0 saturated heterocycles. The molecule has 0 amide bonds. The van der Waals surface area contributed by atoms with E-state index >= 15 is 0 Å². The number of anilines is 1. The van der Waals surface area contributed by atoms with E-state index in [0.29, 0.717) is 16.3 Å². The molecule has 0 aromatic carbocycles. The molecule has 4 nitrogen and oxygen atoms in total. The number of carboxylic acid groups (broad SMARTS) is 1. The second-order valence-corrected chi connectivity index (χ2v) is 7.30. The third-order valence-corrected chi connectivity index (χ3v) is 3.35. The van der Waals surface area contributed by atoms with Crippen LogP contribution in [0, 0.1) is 12.3 Å².